The van der Waals surface area contributed by atoms with Crippen LogP contribution in [0.25, 0.3) is 22.5 Å². The quantitative estimate of drug-likeness (QED) is 0.260. The fourth-order valence-electron chi connectivity index (χ4n) is 3.83. The van der Waals surface area contributed by atoms with Crippen LogP contribution in [0.15, 0.2) is 85.2 Å². The van der Waals surface area contributed by atoms with E-state index in [0.29, 0.717) is 36.7 Å². The summed E-state index contributed by atoms with van der Waals surface area (Å²) in [5.41, 5.74) is 4.50. The molecule has 0 radical (unpaired) electrons. The van der Waals surface area contributed by atoms with Crippen molar-refractivity contribution in [3.05, 3.63) is 102 Å². The van der Waals surface area contributed by atoms with Gasteiger partial charge in [0, 0.05) is 24.5 Å². The Bertz CT molecular complexity index is 1340. The maximum atomic E-state index is 13.1. The average Bonchev–Trinajstić information content (AvgIpc) is 2.94. The van der Waals surface area contributed by atoms with Crippen molar-refractivity contribution in [3.63, 3.8) is 0 Å². The van der Waals surface area contributed by atoms with Gasteiger partial charge in [-0.2, -0.15) is 0 Å². The molecular weight excluding hydrogens is 466 g/mol. The lowest BCUT2D eigenvalue weighted by atomic mass is 10.0. The molecule has 0 aliphatic rings. The molecule has 0 spiro atoms. The topological polar surface area (TPSA) is 101 Å². The Hall–Kier alpha value is -4.52. The lowest BCUT2D eigenvalue weighted by Crippen LogP contribution is -2.26. The van der Waals surface area contributed by atoms with Crippen LogP contribution in [0.4, 0.5) is 0 Å². The van der Waals surface area contributed by atoms with E-state index in [1.54, 1.807) is 54.9 Å². The highest BCUT2D eigenvalue weighted by Gasteiger charge is 2.15. The first-order valence-electron chi connectivity index (χ1n) is 12.3. The molecule has 3 aromatic carbocycles. The number of hydrogen-bond donors (Lipinski definition) is 2. The van der Waals surface area contributed by atoms with Crippen molar-refractivity contribution in [3.8, 4) is 28.3 Å². The van der Waals surface area contributed by atoms with E-state index in [0.717, 1.165) is 35.1 Å². The normalized spacial score (nSPS) is 10.6. The Balaban J connectivity index is 1.40. The van der Waals surface area contributed by atoms with Gasteiger partial charge in [-0.25, -0.2) is 14.8 Å². The molecule has 0 atom stereocenters. The fraction of sp³-hybridized carbons (Fsp3) is 0.200. The van der Waals surface area contributed by atoms with Crippen LogP contribution in [0.1, 0.15) is 46.0 Å². The second-order valence-corrected chi connectivity index (χ2v) is 8.57. The molecule has 4 aromatic rings. The van der Waals surface area contributed by atoms with Crippen molar-refractivity contribution >= 4 is 11.9 Å². The minimum Gasteiger partial charge on any atom is -0.493 e. The minimum atomic E-state index is -0.941. The Kier molecular flexibility index (Phi) is 8.60. The van der Waals surface area contributed by atoms with Gasteiger partial charge in [0.25, 0.3) is 5.91 Å². The first kappa shape index (κ1) is 25.6. The van der Waals surface area contributed by atoms with E-state index in [1.807, 2.05) is 30.3 Å². The highest BCUT2D eigenvalue weighted by atomic mass is 16.5. The number of aromatic carboxylic acids is 1. The predicted molar refractivity (Wildman–Crippen MR) is 143 cm³/mol. The molecule has 0 fully saturated rings. The minimum absolute atomic E-state index is 0.209. The van der Waals surface area contributed by atoms with Gasteiger partial charge in [-0.1, -0.05) is 49.7 Å². The molecule has 4 rings (SSSR count). The number of benzene rings is 3. The van der Waals surface area contributed by atoms with Crippen LogP contribution in [0, 0.1) is 0 Å². The van der Waals surface area contributed by atoms with Gasteiger partial charge in [0.15, 0.2) is 5.82 Å². The van der Waals surface area contributed by atoms with Gasteiger partial charge in [0.1, 0.15) is 5.75 Å². The van der Waals surface area contributed by atoms with Crippen molar-refractivity contribution in [1.29, 1.82) is 0 Å². The summed E-state index contributed by atoms with van der Waals surface area (Å²) >= 11 is 0. The monoisotopic (exact) mass is 495 g/mol. The Morgan fingerprint density at radius 2 is 1.54 bits per heavy atom. The van der Waals surface area contributed by atoms with Crippen LogP contribution >= 0.6 is 0 Å². The van der Waals surface area contributed by atoms with Gasteiger partial charge < -0.3 is 15.2 Å². The number of aromatic nitrogens is 2. The molecule has 0 saturated carbocycles. The molecular formula is C30H29N3O4. The highest BCUT2D eigenvalue weighted by Crippen LogP contribution is 2.25. The zero-order valence-corrected chi connectivity index (χ0v) is 20.7. The molecule has 37 heavy (non-hydrogen) atoms. The number of amides is 1. The van der Waals surface area contributed by atoms with Crippen molar-refractivity contribution in [1.82, 2.24) is 15.3 Å². The maximum absolute atomic E-state index is 13.1. The number of unbranched alkanes of at least 4 members (excludes halogenated alkanes) is 1. The lowest BCUT2D eigenvalue weighted by Gasteiger charge is -2.13. The molecule has 1 amide bonds. The second kappa shape index (κ2) is 12.4. The third kappa shape index (κ3) is 6.79. The Morgan fingerprint density at radius 1 is 0.892 bits per heavy atom. The number of carboxylic acid groups (broad SMARTS) is 1. The maximum Gasteiger partial charge on any atom is 0.335 e. The first-order chi connectivity index (χ1) is 18.0. The van der Waals surface area contributed by atoms with Crippen LogP contribution in [-0.2, 0) is 6.42 Å². The molecule has 0 unspecified atom stereocenters. The molecule has 188 valence electrons. The molecule has 0 saturated heterocycles. The van der Waals surface area contributed by atoms with Gasteiger partial charge in [-0.05, 0) is 65.9 Å². The number of carbonyl (C=O) groups is 2. The van der Waals surface area contributed by atoms with Gasteiger partial charge in [-0.3, -0.25) is 4.79 Å². The number of carbonyl (C=O) groups excluding carboxylic acids is 1. The third-order valence-corrected chi connectivity index (χ3v) is 5.92. The van der Waals surface area contributed by atoms with E-state index in [1.165, 1.54) is 0 Å². The van der Waals surface area contributed by atoms with Crippen molar-refractivity contribution in [2.45, 2.75) is 26.2 Å². The number of nitrogens with zero attached hydrogens (tertiary/aromatic N) is 2. The van der Waals surface area contributed by atoms with E-state index in [4.69, 9.17) is 9.84 Å². The molecule has 0 aliphatic carbocycles. The fourth-order valence-corrected chi connectivity index (χ4v) is 3.83. The van der Waals surface area contributed by atoms with Gasteiger partial charge in [0.05, 0.1) is 17.7 Å². The van der Waals surface area contributed by atoms with Crippen molar-refractivity contribution in [2.24, 2.45) is 0 Å². The Labute approximate surface area is 216 Å². The SMILES string of the molecule is CCCCOc1ccc(-c2ncccn2)cc1C(=O)NCCc1ccc(-c2ccc(C(=O)O)cc2)cc1. The van der Waals surface area contributed by atoms with Gasteiger partial charge in [0.2, 0.25) is 0 Å². The largest absolute Gasteiger partial charge is 0.493 e. The summed E-state index contributed by atoms with van der Waals surface area (Å²) < 4.78 is 5.90. The smallest absolute Gasteiger partial charge is 0.335 e. The average molecular weight is 496 g/mol. The molecule has 1 heterocycles. The van der Waals surface area contributed by atoms with E-state index < -0.39 is 5.97 Å². The summed E-state index contributed by atoms with van der Waals surface area (Å²) in [6, 6.07) is 22.0. The molecule has 0 bridgehead atoms. The van der Waals surface area contributed by atoms with E-state index in [9.17, 15) is 9.59 Å². The first-order valence-corrected chi connectivity index (χ1v) is 12.3. The van der Waals surface area contributed by atoms with Crippen LogP contribution in [0.3, 0.4) is 0 Å². The molecule has 0 aliphatic heterocycles. The summed E-state index contributed by atoms with van der Waals surface area (Å²) in [6.07, 6.45) is 5.92. The van der Waals surface area contributed by atoms with Crippen LogP contribution in [0.5, 0.6) is 5.75 Å². The third-order valence-electron chi connectivity index (χ3n) is 5.92. The molecule has 7 nitrogen and oxygen atoms in total. The number of ether oxygens (including phenoxy) is 1. The lowest BCUT2D eigenvalue weighted by molar-refractivity contribution is 0.0696. The van der Waals surface area contributed by atoms with Gasteiger partial charge in [-0.15, -0.1) is 0 Å². The summed E-state index contributed by atoms with van der Waals surface area (Å²) in [6.45, 7) is 3.10. The number of nitrogens with one attached hydrogen (secondary N) is 1. The van der Waals surface area contributed by atoms with Gasteiger partial charge >= 0.3 is 5.97 Å². The van der Waals surface area contributed by atoms with Crippen molar-refractivity contribution in [2.75, 3.05) is 13.2 Å². The zero-order chi connectivity index (χ0) is 26.0. The Morgan fingerprint density at radius 3 is 2.19 bits per heavy atom. The zero-order valence-electron chi connectivity index (χ0n) is 20.7. The van der Waals surface area contributed by atoms with Crippen LogP contribution in [-0.4, -0.2) is 40.1 Å². The molecule has 1 aromatic heterocycles. The van der Waals surface area contributed by atoms with Crippen molar-refractivity contribution < 1.29 is 19.4 Å². The number of rotatable bonds is 11. The molecule has 7 heteroatoms. The summed E-state index contributed by atoms with van der Waals surface area (Å²) in [7, 11) is 0. The van der Waals surface area contributed by atoms with Crippen LogP contribution < -0.4 is 10.1 Å². The predicted octanol–water partition coefficient (Wildman–Crippen LogP) is 5.66. The van der Waals surface area contributed by atoms with Crippen LogP contribution in [0.2, 0.25) is 0 Å². The standard InChI is InChI=1S/C30H29N3O4/c1-2-3-19-37-27-14-13-25(28-31-16-4-17-32-28)20-26(27)29(34)33-18-15-21-5-7-22(8-6-21)23-9-11-24(12-10-23)30(35)36/h4-14,16-17,20H,2-3,15,18-19H2,1H3,(H,33,34)(H,35,36). The number of carboxylic acids is 1. The van der Waals surface area contributed by atoms with E-state index in [2.05, 4.69) is 22.2 Å². The van der Waals surface area contributed by atoms with E-state index in [-0.39, 0.29) is 11.5 Å². The second-order valence-electron chi connectivity index (χ2n) is 8.57. The number of hydrogen-bond acceptors (Lipinski definition) is 5. The molecule has 2 N–H and O–H groups in total. The highest BCUT2D eigenvalue weighted by molar-refractivity contribution is 5.98. The summed E-state index contributed by atoms with van der Waals surface area (Å²) in [5.74, 6) is -0.0543. The summed E-state index contributed by atoms with van der Waals surface area (Å²) in [5, 5.41) is 12.1. The summed E-state index contributed by atoms with van der Waals surface area (Å²) in [4.78, 5) is 32.7. The van der Waals surface area contributed by atoms with E-state index >= 15 is 0 Å².